The molecule has 0 radical (unpaired) electrons. The molecule has 3 heterocycles. The van der Waals surface area contributed by atoms with Crippen LogP contribution >= 0.6 is 0 Å². The summed E-state index contributed by atoms with van der Waals surface area (Å²) in [7, 11) is 4.55. The molecule has 1 amide bonds. The van der Waals surface area contributed by atoms with E-state index in [0.717, 1.165) is 12.1 Å². The Kier molecular flexibility index (Phi) is 8.47. The highest BCUT2D eigenvalue weighted by molar-refractivity contribution is 6.05. The topological polar surface area (TPSA) is 144 Å². The van der Waals surface area contributed by atoms with Crippen molar-refractivity contribution in [3.05, 3.63) is 94.3 Å². The third-order valence-electron chi connectivity index (χ3n) is 6.53. The first-order valence-electron chi connectivity index (χ1n) is 13.2. The number of aryl methyl sites for hydroxylation is 1. The average molecular weight is 600 g/mol. The number of fused-ring (bicyclic) bond motifs is 1. The first-order chi connectivity index (χ1) is 21.2. The summed E-state index contributed by atoms with van der Waals surface area (Å²) < 4.78 is 36.7. The minimum Gasteiger partial charge on any atom is -0.493 e. The van der Waals surface area contributed by atoms with Crippen molar-refractivity contribution in [3.8, 4) is 34.3 Å². The largest absolute Gasteiger partial charge is 0.493 e. The van der Waals surface area contributed by atoms with Gasteiger partial charge in [-0.1, -0.05) is 12.1 Å². The average Bonchev–Trinajstić information content (AvgIpc) is 3.02. The van der Waals surface area contributed by atoms with Crippen molar-refractivity contribution < 1.29 is 32.9 Å². The zero-order valence-electron chi connectivity index (χ0n) is 24.1. The van der Waals surface area contributed by atoms with Gasteiger partial charge >= 0.3 is 5.97 Å². The quantitative estimate of drug-likeness (QED) is 0.235. The maximum absolute atomic E-state index is 13.6. The van der Waals surface area contributed by atoms with Crippen LogP contribution in [0.15, 0.2) is 71.8 Å². The van der Waals surface area contributed by atoms with E-state index < -0.39 is 23.1 Å². The molecule has 0 fully saturated rings. The monoisotopic (exact) mass is 599 g/mol. The highest BCUT2D eigenvalue weighted by Gasteiger charge is 2.25. The normalized spacial score (nSPS) is 10.8. The predicted molar refractivity (Wildman–Crippen MR) is 158 cm³/mol. The summed E-state index contributed by atoms with van der Waals surface area (Å²) in [5.41, 5.74) is -0.374. The van der Waals surface area contributed by atoms with Crippen LogP contribution < -0.4 is 25.0 Å². The molecule has 5 rings (SSSR count). The fraction of sp³-hybridized carbons (Fsp3) is 0.161. The molecule has 12 nitrogen and oxygen atoms in total. The van der Waals surface area contributed by atoms with Crippen LogP contribution in [0.25, 0.3) is 22.0 Å². The number of nitrogens with zero attached hydrogens (tertiary/aromatic N) is 4. The number of hydrogen-bond donors (Lipinski definition) is 1. The molecule has 5 aromatic rings. The molecule has 1 N–H and O–H groups in total. The van der Waals surface area contributed by atoms with Crippen LogP contribution in [0.2, 0.25) is 0 Å². The minimum atomic E-state index is -0.798. The van der Waals surface area contributed by atoms with Crippen molar-refractivity contribution in [2.24, 2.45) is 7.05 Å². The van der Waals surface area contributed by atoms with Crippen LogP contribution in [0, 0.1) is 5.82 Å². The fourth-order valence-corrected chi connectivity index (χ4v) is 4.50. The van der Waals surface area contributed by atoms with Gasteiger partial charge in [0.15, 0.2) is 17.3 Å². The van der Waals surface area contributed by atoms with E-state index in [1.54, 1.807) is 31.3 Å². The summed E-state index contributed by atoms with van der Waals surface area (Å²) in [5.74, 6) is -0.494. The number of aromatic nitrogens is 4. The molecule has 0 atom stereocenters. The molecule has 3 aromatic heterocycles. The molecule has 0 saturated heterocycles. The molecule has 0 aliphatic rings. The lowest BCUT2D eigenvalue weighted by atomic mass is 10.00. The van der Waals surface area contributed by atoms with Gasteiger partial charge < -0.3 is 28.8 Å². The van der Waals surface area contributed by atoms with Gasteiger partial charge in [-0.05, 0) is 42.8 Å². The van der Waals surface area contributed by atoms with Crippen LogP contribution in [0.1, 0.15) is 27.8 Å². The van der Waals surface area contributed by atoms with Crippen LogP contribution in [0.3, 0.4) is 0 Å². The predicted octanol–water partition coefficient (Wildman–Crippen LogP) is 4.77. The van der Waals surface area contributed by atoms with Gasteiger partial charge in [-0.2, -0.15) is 0 Å². The lowest BCUT2D eigenvalue weighted by Gasteiger charge is -2.15. The third kappa shape index (κ3) is 5.88. The molecule has 0 aliphatic heterocycles. The summed E-state index contributed by atoms with van der Waals surface area (Å²) in [6.45, 7) is 1.69. The van der Waals surface area contributed by atoms with Gasteiger partial charge in [0.05, 0.1) is 31.9 Å². The molecule has 0 aliphatic carbocycles. The van der Waals surface area contributed by atoms with E-state index in [1.807, 2.05) is 0 Å². The van der Waals surface area contributed by atoms with Crippen LogP contribution in [-0.4, -0.2) is 52.5 Å². The molecule has 0 spiro atoms. The van der Waals surface area contributed by atoms with Crippen LogP contribution in [0.5, 0.6) is 23.1 Å². The molecule has 0 bridgehead atoms. The summed E-state index contributed by atoms with van der Waals surface area (Å²) in [6.07, 6.45) is 2.79. The SMILES string of the molecule is CCOC(=O)c1c(-c2ccc(F)cc2)c(=O)c(C(=O)Nc2ccc(Oc3ccnc4cc(OC)c(OC)cc34)nn2)cn1C. The van der Waals surface area contributed by atoms with Gasteiger partial charge in [0.1, 0.15) is 22.8 Å². The van der Waals surface area contributed by atoms with Gasteiger partial charge in [0, 0.05) is 37.0 Å². The van der Waals surface area contributed by atoms with Crippen molar-refractivity contribution in [1.82, 2.24) is 19.7 Å². The summed E-state index contributed by atoms with van der Waals surface area (Å²) in [6, 6.07) is 13.0. The van der Waals surface area contributed by atoms with E-state index in [9.17, 15) is 18.8 Å². The second-order valence-corrected chi connectivity index (χ2v) is 9.28. The summed E-state index contributed by atoms with van der Waals surface area (Å²) in [5, 5.41) is 11.2. The maximum atomic E-state index is 13.6. The van der Waals surface area contributed by atoms with Crippen molar-refractivity contribution in [2.45, 2.75) is 6.92 Å². The van der Waals surface area contributed by atoms with Crippen molar-refractivity contribution in [2.75, 3.05) is 26.1 Å². The third-order valence-corrected chi connectivity index (χ3v) is 6.53. The Morgan fingerprint density at radius 1 is 0.955 bits per heavy atom. The number of carbonyl (C=O) groups is 2. The molecule has 0 saturated carbocycles. The Hall–Kier alpha value is -5.85. The number of nitrogens with one attached hydrogen (secondary N) is 1. The lowest BCUT2D eigenvalue weighted by Crippen LogP contribution is -2.28. The van der Waals surface area contributed by atoms with Gasteiger partial charge in [0.25, 0.3) is 5.91 Å². The molecule has 224 valence electrons. The standard InChI is InChI=1S/C31H26FN5O7/c1-5-43-31(40)28-27(17-6-8-18(32)9-7-17)29(38)20(16-37(28)2)30(39)34-25-10-11-26(36-35-25)44-22-12-13-33-21-15-24(42-4)23(41-3)14-19(21)22/h6-16H,5H2,1-4H3,(H,34,35,39). The Balaban J connectivity index is 1.42. The Labute approximate surface area is 250 Å². The molecule has 44 heavy (non-hydrogen) atoms. The number of methoxy groups -OCH3 is 2. The summed E-state index contributed by atoms with van der Waals surface area (Å²) >= 11 is 0. The molecule has 2 aromatic carbocycles. The summed E-state index contributed by atoms with van der Waals surface area (Å²) in [4.78, 5) is 43.9. The Bertz CT molecular complexity index is 1930. The minimum absolute atomic E-state index is 0.0354. The first-order valence-corrected chi connectivity index (χ1v) is 13.2. The van der Waals surface area contributed by atoms with E-state index in [4.69, 9.17) is 18.9 Å². The number of pyridine rings is 2. The number of esters is 1. The number of ether oxygens (including phenoxy) is 4. The molecule has 13 heteroatoms. The van der Waals surface area contributed by atoms with Crippen LogP contribution in [-0.2, 0) is 11.8 Å². The smallest absolute Gasteiger partial charge is 0.355 e. The fourth-order valence-electron chi connectivity index (χ4n) is 4.50. The molecular formula is C31H26FN5O7. The number of amides is 1. The van der Waals surface area contributed by atoms with E-state index >= 15 is 0 Å². The number of benzene rings is 2. The van der Waals surface area contributed by atoms with Gasteiger partial charge in [-0.15, -0.1) is 10.2 Å². The number of carbonyl (C=O) groups excluding carboxylic acids is 2. The molecule has 0 unspecified atom stereocenters. The van der Waals surface area contributed by atoms with E-state index in [-0.39, 0.29) is 40.7 Å². The highest BCUT2D eigenvalue weighted by atomic mass is 19.1. The number of halogens is 1. The second-order valence-electron chi connectivity index (χ2n) is 9.28. The van der Waals surface area contributed by atoms with Crippen molar-refractivity contribution in [1.29, 1.82) is 0 Å². The lowest BCUT2D eigenvalue weighted by molar-refractivity contribution is 0.0514. The van der Waals surface area contributed by atoms with Gasteiger partial charge in [-0.25, -0.2) is 9.18 Å². The van der Waals surface area contributed by atoms with E-state index in [1.165, 1.54) is 56.3 Å². The maximum Gasteiger partial charge on any atom is 0.355 e. The van der Waals surface area contributed by atoms with Crippen LogP contribution in [0.4, 0.5) is 10.2 Å². The first kappa shape index (κ1) is 29.6. The van der Waals surface area contributed by atoms with Gasteiger partial charge in [0.2, 0.25) is 11.3 Å². The zero-order chi connectivity index (χ0) is 31.4. The van der Waals surface area contributed by atoms with E-state index in [0.29, 0.717) is 28.2 Å². The number of rotatable bonds is 9. The van der Waals surface area contributed by atoms with Crippen molar-refractivity contribution >= 4 is 28.6 Å². The molecular weight excluding hydrogens is 573 g/mol. The Morgan fingerprint density at radius 3 is 2.34 bits per heavy atom. The Morgan fingerprint density at radius 2 is 1.68 bits per heavy atom. The van der Waals surface area contributed by atoms with Crippen molar-refractivity contribution in [3.63, 3.8) is 0 Å². The highest BCUT2D eigenvalue weighted by Crippen LogP contribution is 2.36. The number of anilines is 1. The van der Waals surface area contributed by atoms with Gasteiger partial charge in [-0.3, -0.25) is 14.6 Å². The zero-order valence-corrected chi connectivity index (χ0v) is 24.1. The second kappa shape index (κ2) is 12.6. The number of hydrogen-bond acceptors (Lipinski definition) is 10. The van der Waals surface area contributed by atoms with E-state index in [2.05, 4.69) is 20.5 Å².